The van der Waals surface area contributed by atoms with Gasteiger partial charge in [-0.2, -0.15) is 0 Å². The summed E-state index contributed by atoms with van der Waals surface area (Å²) in [5.41, 5.74) is 9.89. The number of nitrogens with two attached hydrogens (primary N) is 1. The molecule has 2 rings (SSSR count). The normalized spacial score (nSPS) is 10.4. The van der Waals surface area contributed by atoms with Gasteiger partial charge in [-0.25, -0.2) is 0 Å². The molecule has 3 heteroatoms. The van der Waals surface area contributed by atoms with Crippen LogP contribution in [0.3, 0.4) is 0 Å². The van der Waals surface area contributed by atoms with Crippen LogP contribution in [0.1, 0.15) is 16.7 Å². The number of aryl methyl sites for hydroxylation is 2. The van der Waals surface area contributed by atoms with Gasteiger partial charge in [-0.1, -0.05) is 34.1 Å². The van der Waals surface area contributed by atoms with Crippen molar-refractivity contribution < 1.29 is 4.74 Å². The summed E-state index contributed by atoms with van der Waals surface area (Å²) >= 11 is 3.49. The highest BCUT2D eigenvalue weighted by Crippen LogP contribution is 2.24. The number of ether oxygens (including phenoxy) is 1. The van der Waals surface area contributed by atoms with Crippen molar-refractivity contribution in [2.24, 2.45) is 0 Å². The monoisotopic (exact) mass is 305 g/mol. The van der Waals surface area contributed by atoms with E-state index in [1.54, 1.807) is 0 Å². The van der Waals surface area contributed by atoms with Gasteiger partial charge in [0.1, 0.15) is 12.4 Å². The molecule has 0 heterocycles. The molecule has 0 radical (unpaired) electrons. The zero-order chi connectivity index (χ0) is 13.1. The van der Waals surface area contributed by atoms with Crippen molar-refractivity contribution in [1.82, 2.24) is 0 Å². The first-order chi connectivity index (χ1) is 8.56. The molecule has 0 aromatic heterocycles. The predicted octanol–water partition coefficient (Wildman–Crippen LogP) is 4.23. The molecule has 0 spiro atoms. The number of hydrogen-bond acceptors (Lipinski definition) is 2. The van der Waals surface area contributed by atoms with Crippen molar-refractivity contribution in [1.29, 1.82) is 0 Å². The Hall–Kier alpha value is -1.48. The van der Waals surface area contributed by atoms with Crippen LogP contribution in [0.15, 0.2) is 40.9 Å². The average Bonchev–Trinajstić information content (AvgIpc) is 2.32. The SMILES string of the molecule is Cc1ccc(C)c(OCc2ccc(N)cc2Br)c1. The first kappa shape index (κ1) is 13.0. The van der Waals surface area contributed by atoms with Crippen molar-refractivity contribution in [2.45, 2.75) is 20.5 Å². The van der Waals surface area contributed by atoms with E-state index >= 15 is 0 Å². The van der Waals surface area contributed by atoms with Gasteiger partial charge in [0.25, 0.3) is 0 Å². The van der Waals surface area contributed by atoms with Crippen LogP contribution >= 0.6 is 15.9 Å². The molecule has 0 fully saturated rings. The lowest BCUT2D eigenvalue weighted by atomic mass is 10.1. The van der Waals surface area contributed by atoms with E-state index in [1.807, 2.05) is 25.1 Å². The van der Waals surface area contributed by atoms with E-state index in [2.05, 4.69) is 41.1 Å². The highest BCUT2D eigenvalue weighted by atomic mass is 79.9. The molecule has 2 aromatic rings. The van der Waals surface area contributed by atoms with Gasteiger partial charge in [-0.3, -0.25) is 0 Å². The van der Waals surface area contributed by atoms with E-state index in [0.29, 0.717) is 6.61 Å². The second-order valence-corrected chi connectivity index (χ2v) is 5.26. The first-order valence-electron chi connectivity index (χ1n) is 5.80. The maximum atomic E-state index is 5.85. The molecular weight excluding hydrogens is 290 g/mol. The molecule has 0 amide bonds. The molecule has 0 aliphatic heterocycles. The quantitative estimate of drug-likeness (QED) is 0.861. The number of hydrogen-bond donors (Lipinski definition) is 1. The highest BCUT2D eigenvalue weighted by molar-refractivity contribution is 9.10. The van der Waals surface area contributed by atoms with Crippen LogP contribution in [0.25, 0.3) is 0 Å². The molecule has 0 aliphatic carbocycles. The second kappa shape index (κ2) is 5.44. The lowest BCUT2D eigenvalue weighted by Crippen LogP contribution is -1.99. The van der Waals surface area contributed by atoms with Crippen LogP contribution in [-0.4, -0.2) is 0 Å². The predicted molar refractivity (Wildman–Crippen MR) is 78.8 cm³/mol. The molecule has 2 aromatic carbocycles. The molecule has 0 saturated heterocycles. The molecule has 94 valence electrons. The van der Waals surface area contributed by atoms with E-state index in [1.165, 1.54) is 5.56 Å². The molecule has 0 unspecified atom stereocenters. The molecule has 18 heavy (non-hydrogen) atoms. The standard InChI is InChI=1S/C15H16BrNO/c1-10-3-4-11(2)15(7-10)18-9-12-5-6-13(17)8-14(12)16/h3-8H,9,17H2,1-2H3. The summed E-state index contributed by atoms with van der Waals surface area (Å²) < 4.78 is 6.83. The molecular formula is C15H16BrNO. The number of rotatable bonds is 3. The third-order valence-corrected chi connectivity index (χ3v) is 3.54. The van der Waals surface area contributed by atoms with Gasteiger partial charge < -0.3 is 10.5 Å². The first-order valence-corrected chi connectivity index (χ1v) is 6.59. The lowest BCUT2D eigenvalue weighted by molar-refractivity contribution is 0.303. The van der Waals surface area contributed by atoms with Gasteiger partial charge in [0.15, 0.2) is 0 Å². The molecule has 0 atom stereocenters. The van der Waals surface area contributed by atoms with Gasteiger partial charge in [0.05, 0.1) is 0 Å². The van der Waals surface area contributed by atoms with Gasteiger partial charge in [0.2, 0.25) is 0 Å². The maximum absolute atomic E-state index is 5.85. The van der Waals surface area contributed by atoms with Crippen LogP contribution in [0, 0.1) is 13.8 Å². The molecule has 0 aliphatic rings. The summed E-state index contributed by atoms with van der Waals surface area (Å²) in [6.07, 6.45) is 0. The number of halogens is 1. The van der Waals surface area contributed by atoms with Crippen LogP contribution in [0.4, 0.5) is 5.69 Å². The van der Waals surface area contributed by atoms with Gasteiger partial charge >= 0.3 is 0 Å². The van der Waals surface area contributed by atoms with E-state index in [9.17, 15) is 0 Å². The van der Waals surface area contributed by atoms with Crippen molar-refractivity contribution in [3.05, 3.63) is 57.6 Å². The van der Waals surface area contributed by atoms with Crippen molar-refractivity contribution in [3.8, 4) is 5.75 Å². The van der Waals surface area contributed by atoms with Crippen LogP contribution in [0.5, 0.6) is 5.75 Å². The number of nitrogen functional groups attached to an aromatic ring is 1. The Kier molecular flexibility index (Phi) is 3.92. The minimum absolute atomic E-state index is 0.533. The number of benzene rings is 2. The van der Waals surface area contributed by atoms with Crippen molar-refractivity contribution in [2.75, 3.05) is 5.73 Å². The van der Waals surface area contributed by atoms with Gasteiger partial charge in [0, 0.05) is 15.7 Å². The van der Waals surface area contributed by atoms with Crippen molar-refractivity contribution >= 4 is 21.6 Å². The number of anilines is 1. The van der Waals surface area contributed by atoms with E-state index in [0.717, 1.165) is 27.0 Å². The van der Waals surface area contributed by atoms with Crippen molar-refractivity contribution in [3.63, 3.8) is 0 Å². The second-order valence-electron chi connectivity index (χ2n) is 4.41. The zero-order valence-electron chi connectivity index (χ0n) is 10.5. The van der Waals surface area contributed by atoms with E-state index in [-0.39, 0.29) is 0 Å². The molecule has 2 N–H and O–H groups in total. The smallest absolute Gasteiger partial charge is 0.122 e. The zero-order valence-corrected chi connectivity index (χ0v) is 12.1. The average molecular weight is 306 g/mol. The van der Waals surface area contributed by atoms with E-state index in [4.69, 9.17) is 10.5 Å². The molecule has 0 bridgehead atoms. The fourth-order valence-electron chi connectivity index (χ4n) is 1.70. The summed E-state index contributed by atoms with van der Waals surface area (Å²) in [7, 11) is 0. The Morgan fingerprint density at radius 2 is 1.89 bits per heavy atom. The maximum Gasteiger partial charge on any atom is 0.122 e. The van der Waals surface area contributed by atoms with Crippen LogP contribution in [0.2, 0.25) is 0 Å². The summed E-state index contributed by atoms with van der Waals surface area (Å²) in [6.45, 7) is 4.64. The Morgan fingerprint density at radius 3 is 2.61 bits per heavy atom. The fourth-order valence-corrected chi connectivity index (χ4v) is 2.21. The topological polar surface area (TPSA) is 35.2 Å². The Labute approximate surface area is 116 Å². The molecule has 2 nitrogen and oxygen atoms in total. The lowest BCUT2D eigenvalue weighted by Gasteiger charge is -2.11. The highest BCUT2D eigenvalue weighted by Gasteiger charge is 2.04. The molecule has 0 saturated carbocycles. The largest absolute Gasteiger partial charge is 0.489 e. The summed E-state index contributed by atoms with van der Waals surface area (Å²) in [6, 6.07) is 12.0. The Morgan fingerprint density at radius 1 is 1.11 bits per heavy atom. The van der Waals surface area contributed by atoms with E-state index < -0.39 is 0 Å². The third-order valence-electron chi connectivity index (χ3n) is 2.80. The minimum atomic E-state index is 0.533. The summed E-state index contributed by atoms with van der Waals surface area (Å²) in [4.78, 5) is 0. The Balaban J connectivity index is 2.13. The van der Waals surface area contributed by atoms with Gasteiger partial charge in [-0.05, 0) is 43.2 Å². The summed E-state index contributed by atoms with van der Waals surface area (Å²) in [5, 5.41) is 0. The van der Waals surface area contributed by atoms with Crippen LogP contribution in [-0.2, 0) is 6.61 Å². The van der Waals surface area contributed by atoms with Gasteiger partial charge in [-0.15, -0.1) is 0 Å². The summed E-state index contributed by atoms with van der Waals surface area (Å²) in [5.74, 6) is 0.929. The minimum Gasteiger partial charge on any atom is -0.489 e. The Bertz CT molecular complexity index is 566. The fraction of sp³-hybridized carbons (Fsp3) is 0.200. The van der Waals surface area contributed by atoms with Crippen LogP contribution < -0.4 is 10.5 Å². The third kappa shape index (κ3) is 3.05.